The Morgan fingerprint density at radius 3 is 2.00 bits per heavy atom. The molecule has 0 amide bonds. The van der Waals surface area contributed by atoms with Gasteiger partial charge in [0, 0.05) is 12.0 Å². The SMILES string of the molecule is C=C[C](C)c1cc(OC)cc(OC)c1. The van der Waals surface area contributed by atoms with Gasteiger partial charge < -0.3 is 9.47 Å². The Balaban J connectivity index is 3.09. The summed E-state index contributed by atoms with van der Waals surface area (Å²) < 4.78 is 10.3. The van der Waals surface area contributed by atoms with E-state index < -0.39 is 0 Å². The second kappa shape index (κ2) is 4.70. The lowest BCUT2D eigenvalue weighted by Gasteiger charge is -2.10. The van der Waals surface area contributed by atoms with Crippen LogP contribution in [0.2, 0.25) is 0 Å². The predicted octanol–water partition coefficient (Wildman–Crippen LogP) is 2.83. The number of ether oxygens (including phenoxy) is 2. The first-order valence-corrected chi connectivity index (χ1v) is 4.40. The summed E-state index contributed by atoms with van der Waals surface area (Å²) in [5, 5.41) is 0. The molecule has 1 aromatic carbocycles. The highest BCUT2D eigenvalue weighted by Gasteiger charge is 2.06. The van der Waals surface area contributed by atoms with Gasteiger partial charge in [-0.05, 0) is 17.7 Å². The monoisotopic (exact) mass is 191 g/mol. The summed E-state index contributed by atoms with van der Waals surface area (Å²) >= 11 is 0. The molecular formula is C12H15O2. The minimum atomic E-state index is 0.792. The molecule has 0 heterocycles. The Hall–Kier alpha value is -1.44. The number of hydrogen-bond donors (Lipinski definition) is 0. The number of methoxy groups -OCH3 is 2. The average molecular weight is 191 g/mol. The second-order valence-electron chi connectivity index (χ2n) is 2.99. The fraction of sp³-hybridized carbons (Fsp3) is 0.250. The molecule has 0 N–H and O–H groups in total. The molecule has 0 aliphatic carbocycles. The van der Waals surface area contributed by atoms with Crippen LogP contribution >= 0.6 is 0 Å². The van der Waals surface area contributed by atoms with Gasteiger partial charge in [0.2, 0.25) is 0 Å². The van der Waals surface area contributed by atoms with Crippen molar-refractivity contribution in [2.75, 3.05) is 14.2 Å². The molecule has 0 aliphatic rings. The normalized spacial score (nSPS) is 10.0. The first-order valence-electron chi connectivity index (χ1n) is 4.40. The summed E-state index contributed by atoms with van der Waals surface area (Å²) in [6, 6.07) is 5.76. The predicted molar refractivity (Wildman–Crippen MR) is 57.8 cm³/mol. The summed E-state index contributed by atoms with van der Waals surface area (Å²) in [4.78, 5) is 0. The molecule has 2 nitrogen and oxygen atoms in total. The minimum Gasteiger partial charge on any atom is -0.497 e. The summed E-state index contributed by atoms with van der Waals surface area (Å²) in [7, 11) is 3.28. The molecule has 0 spiro atoms. The van der Waals surface area contributed by atoms with Crippen LogP contribution in [-0.2, 0) is 0 Å². The quantitative estimate of drug-likeness (QED) is 0.728. The van der Waals surface area contributed by atoms with Crippen LogP contribution in [0.1, 0.15) is 12.5 Å². The van der Waals surface area contributed by atoms with Crippen LogP contribution in [-0.4, -0.2) is 14.2 Å². The maximum absolute atomic E-state index is 5.16. The van der Waals surface area contributed by atoms with Crippen molar-refractivity contribution in [1.29, 1.82) is 0 Å². The van der Waals surface area contributed by atoms with Crippen LogP contribution in [0.15, 0.2) is 30.9 Å². The summed E-state index contributed by atoms with van der Waals surface area (Å²) in [5.41, 5.74) is 1.07. The van der Waals surface area contributed by atoms with Crippen molar-refractivity contribution in [3.05, 3.63) is 42.3 Å². The van der Waals surface area contributed by atoms with Gasteiger partial charge in [0.1, 0.15) is 11.5 Å². The second-order valence-corrected chi connectivity index (χ2v) is 2.99. The van der Waals surface area contributed by atoms with Crippen molar-refractivity contribution in [3.63, 3.8) is 0 Å². The van der Waals surface area contributed by atoms with Crippen LogP contribution in [0.3, 0.4) is 0 Å². The first-order chi connectivity index (χ1) is 6.71. The molecule has 1 rings (SSSR count). The van der Waals surface area contributed by atoms with Crippen LogP contribution in [0.25, 0.3) is 0 Å². The van der Waals surface area contributed by atoms with E-state index in [1.165, 1.54) is 0 Å². The molecule has 75 valence electrons. The maximum atomic E-state index is 5.16. The van der Waals surface area contributed by atoms with E-state index in [9.17, 15) is 0 Å². The fourth-order valence-corrected chi connectivity index (χ4v) is 1.15. The molecule has 0 saturated heterocycles. The lowest BCUT2D eigenvalue weighted by atomic mass is 10.0. The number of allylic oxidation sites excluding steroid dienone is 1. The van der Waals surface area contributed by atoms with Crippen LogP contribution in [0.4, 0.5) is 0 Å². The summed E-state index contributed by atoms with van der Waals surface area (Å²) in [6.07, 6.45) is 1.81. The molecule has 1 radical (unpaired) electrons. The molecule has 0 bridgehead atoms. The highest BCUT2D eigenvalue weighted by molar-refractivity contribution is 5.46. The van der Waals surface area contributed by atoms with Crippen molar-refractivity contribution in [2.45, 2.75) is 6.92 Å². The standard InChI is InChI=1S/C12H15O2/c1-5-9(2)10-6-11(13-3)8-12(7-10)14-4/h5-8H,1H2,2-4H3. The molecule has 14 heavy (non-hydrogen) atoms. The van der Waals surface area contributed by atoms with Crippen molar-refractivity contribution in [3.8, 4) is 11.5 Å². The number of rotatable bonds is 4. The first kappa shape index (κ1) is 10.6. The van der Waals surface area contributed by atoms with E-state index in [2.05, 4.69) is 6.58 Å². The van der Waals surface area contributed by atoms with Gasteiger partial charge in [0.15, 0.2) is 0 Å². The highest BCUT2D eigenvalue weighted by atomic mass is 16.5. The van der Waals surface area contributed by atoms with Crippen LogP contribution in [0.5, 0.6) is 11.5 Å². The van der Waals surface area contributed by atoms with Crippen LogP contribution in [0, 0.1) is 5.92 Å². The number of hydrogen-bond acceptors (Lipinski definition) is 2. The molecule has 0 aliphatic heterocycles. The van der Waals surface area contributed by atoms with Crippen molar-refractivity contribution < 1.29 is 9.47 Å². The highest BCUT2D eigenvalue weighted by Crippen LogP contribution is 2.27. The van der Waals surface area contributed by atoms with E-state index >= 15 is 0 Å². The largest absolute Gasteiger partial charge is 0.497 e. The minimum absolute atomic E-state index is 0.792. The smallest absolute Gasteiger partial charge is 0.122 e. The van der Waals surface area contributed by atoms with E-state index in [-0.39, 0.29) is 0 Å². The van der Waals surface area contributed by atoms with Gasteiger partial charge >= 0.3 is 0 Å². The zero-order valence-electron chi connectivity index (χ0n) is 8.83. The van der Waals surface area contributed by atoms with E-state index in [0.717, 1.165) is 23.0 Å². The molecule has 0 saturated carbocycles. The van der Waals surface area contributed by atoms with Crippen molar-refractivity contribution >= 4 is 0 Å². The Kier molecular flexibility index (Phi) is 3.57. The van der Waals surface area contributed by atoms with Gasteiger partial charge in [0.25, 0.3) is 0 Å². The Bertz CT molecular complexity index is 296. The third-order valence-electron chi connectivity index (χ3n) is 2.11. The van der Waals surface area contributed by atoms with E-state index in [1.54, 1.807) is 14.2 Å². The molecule has 0 fully saturated rings. The molecule has 2 heteroatoms. The Labute approximate surface area is 85.2 Å². The molecule has 0 unspecified atom stereocenters. The van der Waals surface area contributed by atoms with Crippen molar-refractivity contribution in [2.24, 2.45) is 0 Å². The van der Waals surface area contributed by atoms with Crippen LogP contribution < -0.4 is 9.47 Å². The van der Waals surface area contributed by atoms with E-state index in [4.69, 9.17) is 9.47 Å². The van der Waals surface area contributed by atoms with Gasteiger partial charge in [-0.15, -0.1) is 6.58 Å². The lowest BCUT2D eigenvalue weighted by Crippen LogP contribution is -1.94. The average Bonchev–Trinajstić information content (AvgIpc) is 2.27. The molecule has 0 atom stereocenters. The zero-order valence-corrected chi connectivity index (χ0v) is 8.83. The summed E-state index contributed by atoms with van der Waals surface area (Å²) in [5.74, 6) is 2.68. The molecule has 1 aromatic rings. The van der Waals surface area contributed by atoms with Crippen molar-refractivity contribution in [1.82, 2.24) is 0 Å². The Morgan fingerprint density at radius 2 is 1.64 bits per heavy atom. The van der Waals surface area contributed by atoms with Gasteiger partial charge in [0.05, 0.1) is 14.2 Å². The zero-order chi connectivity index (χ0) is 10.6. The van der Waals surface area contributed by atoms with Gasteiger partial charge in [-0.2, -0.15) is 0 Å². The third-order valence-corrected chi connectivity index (χ3v) is 2.11. The van der Waals surface area contributed by atoms with E-state index in [1.807, 2.05) is 31.2 Å². The topological polar surface area (TPSA) is 18.5 Å². The van der Waals surface area contributed by atoms with Gasteiger partial charge in [-0.25, -0.2) is 0 Å². The molecular weight excluding hydrogens is 176 g/mol. The third kappa shape index (κ3) is 2.28. The summed E-state index contributed by atoms with van der Waals surface area (Å²) in [6.45, 7) is 5.73. The van der Waals surface area contributed by atoms with Gasteiger partial charge in [-0.3, -0.25) is 0 Å². The molecule has 0 aromatic heterocycles. The maximum Gasteiger partial charge on any atom is 0.122 e. The van der Waals surface area contributed by atoms with E-state index in [0.29, 0.717) is 0 Å². The Morgan fingerprint density at radius 1 is 1.14 bits per heavy atom. The fourth-order valence-electron chi connectivity index (χ4n) is 1.15. The number of benzene rings is 1. The lowest BCUT2D eigenvalue weighted by molar-refractivity contribution is 0.394. The van der Waals surface area contributed by atoms with Gasteiger partial charge in [-0.1, -0.05) is 13.0 Å².